The molecule has 1 aliphatic rings. The van der Waals surface area contributed by atoms with E-state index in [-0.39, 0.29) is 25.7 Å². The molecule has 204 valence electrons. The molecule has 2 heterocycles. The predicted molar refractivity (Wildman–Crippen MR) is 144 cm³/mol. The lowest BCUT2D eigenvalue weighted by molar-refractivity contribution is -0.138. The molecular weight excluding hydrogens is 484 g/mol. The van der Waals surface area contributed by atoms with Crippen molar-refractivity contribution in [3.63, 3.8) is 0 Å². The Morgan fingerprint density at radius 1 is 1.08 bits per heavy atom. The number of methoxy groups -OCH3 is 1. The van der Waals surface area contributed by atoms with Gasteiger partial charge in [0.15, 0.2) is 0 Å². The zero-order chi connectivity index (χ0) is 26.8. The highest BCUT2D eigenvalue weighted by Gasteiger charge is 2.37. The van der Waals surface area contributed by atoms with Gasteiger partial charge in [0.25, 0.3) is 0 Å². The Morgan fingerprint density at radius 2 is 1.92 bits per heavy atom. The molecule has 0 aliphatic carbocycles. The number of ether oxygens (including phenoxy) is 3. The number of hydrogen-bond donors (Lipinski definition) is 1. The van der Waals surface area contributed by atoms with Crippen LogP contribution in [0, 0.1) is 6.92 Å². The molecule has 4 rings (SSSR count). The highest BCUT2D eigenvalue weighted by atomic mass is 16.5. The van der Waals surface area contributed by atoms with E-state index in [1.807, 2.05) is 60.2 Å². The first kappa shape index (κ1) is 27.6. The third kappa shape index (κ3) is 8.31. The quantitative estimate of drug-likeness (QED) is 0.366. The molecule has 3 aromatic rings. The predicted octanol–water partition coefficient (Wildman–Crippen LogP) is 2.76. The number of nitrogens with zero attached hydrogens (tertiary/aromatic N) is 4. The highest BCUT2D eigenvalue weighted by Crippen LogP contribution is 2.22. The number of aliphatic hydroxyl groups is 1. The molecule has 9 heteroatoms. The third-order valence-electron chi connectivity index (χ3n) is 6.53. The van der Waals surface area contributed by atoms with E-state index < -0.39 is 5.60 Å². The monoisotopic (exact) mass is 522 g/mol. The van der Waals surface area contributed by atoms with Gasteiger partial charge in [-0.15, -0.1) is 0 Å². The van der Waals surface area contributed by atoms with Gasteiger partial charge in [0.2, 0.25) is 5.91 Å². The van der Waals surface area contributed by atoms with Crippen LogP contribution in [0.3, 0.4) is 0 Å². The Hall–Kier alpha value is -3.40. The van der Waals surface area contributed by atoms with Gasteiger partial charge in [0.1, 0.15) is 30.3 Å². The van der Waals surface area contributed by atoms with E-state index in [1.54, 1.807) is 17.4 Å². The topological polar surface area (TPSA) is 89.3 Å². The maximum atomic E-state index is 12.7. The Kier molecular flexibility index (Phi) is 9.75. The van der Waals surface area contributed by atoms with Crippen molar-refractivity contribution in [2.24, 2.45) is 0 Å². The van der Waals surface area contributed by atoms with Gasteiger partial charge in [-0.2, -0.15) is 0 Å². The van der Waals surface area contributed by atoms with Crippen molar-refractivity contribution in [3.05, 3.63) is 78.4 Å². The molecule has 2 aromatic carbocycles. The van der Waals surface area contributed by atoms with E-state index in [0.717, 1.165) is 29.8 Å². The fraction of sp³-hybridized carbons (Fsp3) is 0.448. The average molecular weight is 523 g/mol. The van der Waals surface area contributed by atoms with Crippen LogP contribution >= 0.6 is 0 Å². The number of carbonyl (C=O) groups is 1. The molecule has 0 saturated carbocycles. The maximum absolute atomic E-state index is 12.7. The minimum absolute atomic E-state index is 0.0187. The fourth-order valence-corrected chi connectivity index (χ4v) is 4.60. The number of imidazole rings is 1. The minimum Gasteiger partial charge on any atom is -0.494 e. The first-order chi connectivity index (χ1) is 18.4. The van der Waals surface area contributed by atoms with Gasteiger partial charge in [0, 0.05) is 52.2 Å². The third-order valence-corrected chi connectivity index (χ3v) is 6.53. The molecule has 1 atom stereocenters. The number of aromatic nitrogens is 2. The number of rotatable bonds is 12. The van der Waals surface area contributed by atoms with Crippen LogP contribution in [0.15, 0.2) is 67.3 Å². The molecule has 38 heavy (non-hydrogen) atoms. The van der Waals surface area contributed by atoms with Crippen LogP contribution in [0.1, 0.15) is 17.5 Å². The molecule has 1 saturated heterocycles. The summed E-state index contributed by atoms with van der Waals surface area (Å²) in [7, 11) is 1.50. The van der Waals surface area contributed by atoms with E-state index in [4.69, 9.17) is 14.2 Å². The molecule has 1 aromatic heterocycles. The van der Waals surface area contributed by atoms with Gasteiger partial charge in [-0.1, -0.05) is 29.8 Å². The van der Waals surface area contributed by atoms with Gasteiger partial charge in [0.05, 0.1) is 19.5 Å². The number of carbonyl (C=O) groups excluding carboxylic acids is 1. The Bertz CT molecular complexity index is 1140. The van der Waals surface area contributed by atoms with Crippen LogP contribution in [0.4, 0.5) is 0 Å². The van der Waals surface area contributed by atoms with Crippen LogP contribution in [-0.4, -0.2) is 89.1 Å². The summed E-state index contributed by atoms with van der Waals surface area (Å²) in [5, 5.41) is 11.6. The van der Waals surface area contributed by atoms with E-state index in [9.17, 15) is 9.90 Å². The SMILES string of the molecule is COCC(=O)N1CCN(Cc2cccc(OCCCn3ccnc3)c2)CC(O)(COc2ccc(C)cc2)C1. The average Bonchev–Trinajstić information content (AvgIpc) is 3.37. The number of hydrogen-bond acceptors (Lipinski definition) is 7. The lowest BCUT2D eigenvalue weighted by atomic mass is 10.0. The summed E-state index contributed by atoms with van der Waals surface area (Å²) < 4.78 is 19.1. The normalized spacial score (nSPS) is 18.2. The van der Waals surface area contributed by atoms with Crippen LogP contribution in [0.2, 0.25) is 0 Å². The molecule has 0 radical (unpaired) electrons. The van der Waals surface area contributed by atoms with E-state index >= 15 is 0 Å². The number of β-amino-alcohol motifs (C(OH)–C–C–N with tert-alkyl or cyclic N) is 1. The second-order valence-corrected chi connectivity index (χ2v) is 9.93. The summed E-state index contributed by atoms with van der Waals surface area (Å²) in [6, 6.07) is 15.8. The number of amides is 1. The molecule has 1 fully saturated rings. The highest BCUT2D eigenvalue weighted by molar-refractivity contribution is 5.77. The number of benzene rings is 2. The second kappa shape index (κ2) is 13.4. The summed E-state index contributed by atoms with van der Waals surface area (Å²) in [5.74, 6) is 1.36. The van der Waals surface area contributed by atoms with Crippen molar-refractivity contribution < 1.29 is 24.1 Å². The van der Waals surface area contributed by atoms with Crippen molar-refractivity contribution >= 4 is 5.91 Å². The Balaban J connectivity index is 1.38. The Morgan fingerprint density at radius 3 is 2.68 bits per heavy atom. The van der Waals surface area contributed by atoms with E-state index in [1.165, 1.54) is 7.11 Å². The minimum atomic E-state index is -1.24. The summed E-state index contributed by atoms with van der Waals surface area (Å²) in [6.45, 7) is 5.82. The largest absolute Gasteiger partial charge is 0.494 e. The summed E-state index contributed by atoms with van der Waals surface area (Å²) >= 11 is 0. The van der Waals surface area contributed by atoms with Gasteiger partial charge < -0.3 is 28.8 Å². The first-order valence-corrected chi connectivity index (χ1v) is 13.0. The zero-order valence-electron chi connectivity index (χ0n) is 22.3. The summed E-state index contributed by atoms with van der Waals surface area (Å²) in [4.78, 5) is 20.6. The molecule has 1 N–H and O–H groups in total. The summed E-state index contributed by atoms with van der Waals surface area (Å²) in [5.41, 5.74) is 0.972. The molecular formula is C29H38N4O5. The van der Waals surface area contributed by atoms with Gasteiger partial charge in [-0.3, -0.25) is 9.69 Å². The molecule has 9 nitrogen and oxygen atoms in total. The maximum Gasteiger partial charge on any atom is 0.248 e. The van der Waals surface area contributed by atoms with Crippen molar-refractivity contribution in [2.45, 2.75) is 32.0 Å². The molecule has 1 unspecified atom stereocenters. The van der Waals surface area contributed by atoms with Gasteiger partial charge >= 0.3 is 0 Å². The van der Waals surface area contributed by atoms with Crippen LogP contribution in [-0.2, 0) is 22.6 Å². The van der Waals surface area contributed by atoms with Crippen molar-refractivity contribution in [1.29, 1.82) is 0 Å². The van der Waals surface area contributed by atoms with Crippen molar-refractivity contribution in [2.75, 3.05) is 53.1 Å². The van der Waals surface area contributed by atoms with Crippen LogP contribution in [0.25, 0.3) is 0 Å². The van der Waals surface area contributed by atoms with Crippen molar-refractivity contribution in [3.8, 4) is 11.5 Å². The smallest absolute Gasteiger partial charge is 0.248 e. The summed E-state index contributed by atoms with van der Waals surface area (Å²) in [6.07, 6.45) is 6.40. The number of aryl methyl sites for hydroxylation is 2. The van der Waals surface area contributed by atoms with Crippen molar-refractivity contribution in [1.82, 2.24) is 19.4 Å². The lowest BCUT2D eigenvalue weighted by Gasteiger charge is -2.33. The lowest BCUT2D eigenvalue weighted by Crippen LogP contribution is -2.52. The van der Waals surface area contributed by atoms with Gasteiger partial charge in [-0.05, 0) is 43.2 Å². The Labute approximate surface area is 224 Å². The standard InChI is InChI=1S/C29H38N4O5/c1-24-7-9-26(10-8-24)38-22-29(35)20-32(14-15-33(21-29)28(34)19-36-2)18-25-5-3-6-27(17-25)37-16-4-12-31-13-11-30-23-31/h3,5-11,13,17,23,35H,4,12,14-16,18-22H2,1-2H3. The van der Waals surface area contributed by atoms with Crippen LogP contribution < -0.4 is 9.47 Å². The molecule has 1 amide bonds. The van der Waals surface area contributed by atoms with E-state index in [0.29, 0.717) is 38.5 Å². The zero-order valence-corrected chi connectivity index (χ0v) is 22.3. The second-order valence-electron chi connectivity index (χ2n) is 9.93. The van der Waals surface area contributed by atoms with Gasteiger partial charge in [-0.25, -0.2) is 4.98 Å². The van der Waals surface area contributed by atoms with E-state index in [2.05, 4.69) is 16.0 Å². The first-order valence-electron chi connectivity index (χ1n) is 13.0. The molecule has 1 aliphatic heterocycles. The fourth-order valence-electron chi connectivity index (χ4n) is 4.60. The van der Waals surface area contributed by atoms with Crippen LogP contribution in [0.5, 0.6) is 11.5 Å². The molecule has 0 bridgehead atoms. The molecule has 0 spiro atoms.